The Bertz CT molecular complexity index is 628. The lowest BCUT2D eigenvalue weighted by atomic mass is 9.98. The van der Waals surface area contributed by atoms with Crippen LogP contribution in [0, 0.1) is 6.92 Å². The topological polar surface area (TPSA) is 97.1 Å². The van der Waals surface area contributed by atoms with E-state index in [1.54, 1.807) is 11.6 Å². The van der Waals surface area contributed by atoms with E-state index in [9.17, 15) is 9.59 Å². The number of urea groups is 1. The van der Waals surface area contributed by atoms with Crippen molar-refractivity contribution in [1.82, 2.24) is 10.3 Å². The van der Waals surface area contributed by atoms with Gasteiger partial charge in [-0.1, -0.05) is 24.3 Å². The predicted molar refractivity (Wildman–Crippen MR) is 82.0 cm³/mol. The molecule has 0 radical (unpaired) electrons. The molecule has 0 aliphatic carbocycles. The van der Waals surface area contributed by atoms with Gasteiger partial charge in [-0.25, -0.2) is 9.78 Å². The lowest BCUT2D eigenvalue weighted by molar-refractivity contribution is -0.116. The molecular formula is C14H16N4O2S. The summed E-state index contributed by atoms with van der Waals surface area (Å²) >= 11 is 1.34. The largest absolute Gasteiger partial charge is 0.352 e. The number of thiazole rings is 1. The number of carbonyl (C=O) groups excluding carboxylic acids is 2. The van der Waals surface area contributed by atoms with Crippen LogP contribution in [0.3, 0.4) is 0 Å². The molecule has 1 unspecified atom stereocenters. The number of amides is 3. The molecule has 0 spiro atoms. The van der Waals surface area contributed by atoms with Crippen molar-refractivity contribution in [3.8, 4) is 0 Å². The van der Waals surface area contributed by atoms with Gasteiger partial charge in [-0.3, -0.25) is 4.79 Å². The third-order valence-electron chi connectivity index (χ3n) is 2.95. The van der Waals surface area contributed by atoms with Gasteiger partial charge in [0.2, 0.25) is 5.91 Å². The first-order valence-electron chi connectivity index (χ1n) is 6.37. The lowest BCUT2D eigenvalue weighted by Crippen LogP contribution is -2.35. The first-order chi connectivity index (χ1) is 10.1. The van der Waals surface area contributed by atoms with Crippen molar-refractivity contribution in [1.29, 1.82) is 0 Å². The van der Waals surface area contributed by atoms with Crippen LogP contribution in [0.4, 0.5) is 9.93 Å². The van der Waals surface area contributed by atoms with E-state index in [0.717, 1.165) is 11.1 Å². The number of aromatic nitrogens is 1. The number of hydrogen-bond acceptors (Lipinski definition) is 4. The first-order valence-corrected chi connectivity index (χ1v) is 7.25. The Balaban J connectivity index is 2.11. The Morgan fingerprint density at radius 1 is 1.38 bits per heavy atom. The zero-order chi connectivity index (χ0) is 15.2. The average molecular weight is 304 g/mol. The summed E-state index contributed by atoms with van der Waals surface area (Å²) in [6.45, 7) is 1.92. The van der Waals surface area contributed by atoms with Crippen molar-refractivity contribution in [2.45, 2.75) is 19.4 Å². The van der Waals surface area contributed by atoms with E-state index >= 15 is 0 Å². The Labute approximate surface area is 126 Å². The second-order valence-corrected chi connectivity index (χ2v) is 5.40. The van der Waals surface area contributed by atoms with E-state index in [1.165, 1.54) is 11.3 Å². The molecule has 7 heteroatoms. The van der Waals surface area contributed by atoms with Gasteiger partial charge in [0.05, 0.1) is 12.5 Å². The van der Waals surface area contributed by atoms with Gasteiger partial charge in [0.1, 0.15) is 0 Å². The van der Waals surface area contributed by atoms with Crippen LogP contribution in [0.1, 0.15) is 23.6 Å². The third-order valence-corrected chi connectivity index (χ3v) is 3.64. The maximum absolute atomic E-state index is 12.1. The maximum Gasteiger partial charge on any atom is 0.312 e. The fraction of sp³-hybridized carbons (Fsp3) is 0.214. The van der Waals surface area contributed by atoms with E-state index in [2.05, 4.69) is 15.6 Å². The lowest BCUT2D eigenvalue weighted by Gasteiger charge is -2.19. The van der Waals surface area contributed by atoms with Gasteiger partial charge in [0.25, 0.3) is 0 Å². The van der Waals surface area contributed by atoms with Crippen LogP contribution in [0.25, 0.3) is 0 Å². The van der Waals surface area contributed by atoms with Gasteiger partial charge in [0.15, 0.2) is 5.13 Å². The predicted octanol–water partition coefficient (Wildman–Crippen LogP) is 2.19. The highest BCUT2D eigenvalue weighted by Gasteiger charge is 2.19. The van der Waals surface area contributed by atoms with E-state index in [4.69, 9.17) is 5.73 Å². The summed E-state index contributed by atoms with van der Waals surface area (Å²) in [7, 11) is 0. The number of aryl methyl sites for hydroxylation is 1. The molecule has 4 N–H and O–H groups in total. The third kappa shape index (κ3) is 4.28. The van der Waals surface area contributed by atoms with Gasteiger partial charge >= 0.3 is 6.03 Å². The zero-order valence-electron chi connectivity index (χ0n) is 11.5. The molecule has 3 amide bonds. The van der Waals surface area contributed by atoms with Crippen LogP contribution in [0.15, 0.2) is 35.8 Å². The van der Waals surface area contributed by atoms with Crippen LogP contribution in [0.2, 0.25) is 0 Å². The van der Waals surface area contributed by atoms with Crippen molar-refractivity contribution >= 4 is 28.4 Å². The number of primary amides is 1. The molecule has 1 atom stereocenters. The summed E-state index contributed by atoms with van der Waals surface area (Å²) in [6.07, 6.45) is 1.70. The highest BCUT2D eigenvalue weighted by atomic mass is 32.1. The van der Waals surface area contributed by atoms with Gasteiger partial charge in [0, 0.05) is 11.6 Å². The Hall–Kier alpha value is -2.41. The summed E-state index contributed by atoms with van der Waals surface area (Å²) < 4.78 is 0. The quantitative estimate of drug-likeness (QED) is 0.789. The smallest absolute Gasteiger partial charge is 0.312 e. The summed E-state index contributed by atoms with van der Waals surface area (Å²) in [5.74, 6) is -0.230. The molecular weight excluding hydrogens is 288 g/mol. The van der Waals surface area contributed by atoms with Crippen molar-refractivity contribution in [2.24, 2.45) is 5.73 Å². The number of carbonyl (C=O) groups is 2. The van der Waals surface area contributed by atoms with Crippen LogP contribution < -0.4 is 16.4 Å². The van der Waals surface area contributed by atoms with E-state index in [0.29, 0.717) is 5.13 Å². The second-order valence-electron chi connectivity index (χ2n) is 4.51. The van der Waals surface area contributed by atoms with Crippen LogP contribution in [0.5, 0.6) is 0 Å². The van der Waals surface area contributed by atoms with Crippen LogP contribution in [-0.2, 0) is 4.79 Å². The number of hydrogen-bond donors (Lipinski definition) is 3. The number of anilines is 1. The normalized spacial score (nSPS) is 11.7. The maximum atomic E-state index is 12.1. The molecule has 110 valence electrons. The fourth-order valence-corrected chi connectivity index (χ4v) is 2.57. The van der Waals surface area contributed by atoms with E-state index in [-0.39, 0.29) is 12.3 Å². The molecule has 1 heterocycles. The molecule has 1 aromatic heterocycles. The monoisotopic (exact) mass is 304 g/mol. The number of rotatable bonds is 5. The Morgan fingerprint density at radius 2 is 2.14 bits per heavy atom. The molecule has 0 saturated carbocycles. The Morgan fingerprint density at radius 3 is 2.76 bits per heavy atom. The first kappa shape index (κ1) is 15.0. The number of nitrogens with zero attached hydrogens (tertiary/aromatic N) is 1. The summed E-state index contributed by atoms with van der Waals surface area (Å²) in [6, 6.07) is 6.41. The van der Waals surface area contributed by atoms with Gasteiger partial charge in [-0.05, 0) is 18.1 Å². The Kier molecular flexibility index (Phi) is 4.89. The highest BCUT2D eigenvalue weighted by Crippen LogP contribution is 2.21. The van der Waals surface area contributed by atoms with E-state index < -0.39 is 12.1 Å². The molecule has 0 saturated heterocycles. The minimum absolute atomic E-state index is 0.0906. The van der Waals surface area contributed by atoms with Gasteiger partial charge < -0.3 is 16.4 Å². The number of nitrogens with one attached hydrogen (secondary N) is 2. The molecule has 0 aliphatic heterocycles. The summed E-state index contributed by atoms with van der Waals surface area (Å²) in [5, 5.41) is 7.60. The molecule has 0 fully saturated rings. The van der Waals surface area contributed by atoms with Crippen LogP contribution in [-0.4, -0.2) is 16.9 Å². The molecule has 2 aromatic rings. The molecule has 2 rings (SSSR count). The standard InChI is InChI=1S/C14H16N4O2S/c1-9-4-2-3-5-10(9)11(17-13(15)20)8-12(19)18-14-16-6-7-21-14/h2-7,11H,8H2,1H3,(H3,15,17,20)(H,16,18,19). The molecule has 6 nitrogen and oxygen atoms in total. The van der Waals surface area contributed by atoms with Crippen LogP contribution >= 0.6 is 11.3 Å². The SMILES string of the molecule is Cc1ccccc1C(CC(=O)Nc1nccs1)NC(N)=O. The summed E-state index contributed by atoms with van der Waals surface area (Å²) in [5.41, 5.74) is 7.05. The van der Waals surface area contributed by atoms with Crippen molar-refractivity contribution in [3.63, 3.8) is 0 Å². The fourth-order valence-electron chi connectivity index (χ4n) is 2.03. The van der Waals surface area contributed by atoms with E-state index in [1.807, 2.05) is 31.2 Å². The average Bonchev–Trinajstić information content (AvgIpc) is 2.90. The second kappa shape index (κ2) is 6.85. The molecule has 21 heavy (non-hydrogen) atoms. The number of benzene rings is 1. The summed E-state index contributed by atoms with van der Waals surface area (Å²) in [4.78, 5) is 27.2. The van der Waals surface area contributed by atoms with Gasteiger partial charge in [-0.2, -0.15) is 0 Å². The van der Waals surface area contributed by atoms with Crippen molar-refractivity contribution in [3.05, 3.63) is 47.0 Å². The highest BCUT2D eigenvalue weighted by molar-refractivity contribution is 7.13. The number of nitrogens with two attached hydrogens (primary N) is 1. The molecule has 1 aromatic carbocycles. The molecule has 0 bridgehead atoms. The van der Waals surface area contributed by atoms with Crippen molar-refractivity contribution in [2.75, 3.05) is 5.32 Å². The van der Waals surface area contributed by atoms with Gasteiger partial charge in [-0.15, -0.1) is 11.3 Å². The molecule has 0 aliphatic rings. The zero-order valence-corrected chi connectivity index (χ0v) is 12.3. The minimum atomic E-state index is -0.662. The van der Waals surface area contributed by atoms with Crippen molar-refractivity contribution < 1.29 is 9.59 Å². The minimum Gasteiger partial charge on any atom is -0.352 e.